The predicted octanol–water partition coefficient (Wildman–Crippen LogP) is 3.10. The summed E-state index contributed by atoms with van der Waals surface area (Å²) in [5, 5.41) is 2.72. The fourth-order valence-electron chi connectivity index (χ4n) is 1.20. The van der Waals surface area contributed by atoms with Crippen LogP contribution in [-0.4, -0.2) is 4.98 Å². The van der Waals surface area contributed by atoms with Crippen molar-refractivity contribution >= 4 is 11.3 Å². The SMILES string of the molecule is C#Cc1nc(-c2ccc(C)cc2)cs1. The quantitative estimate of drug-likeness (QED) is 0.643. The Morgan fingerprint density at radius 1 is 1.29 bits per heavy atom. The van der Waals surface area contributed by atoms with E-state index in [9.17, 15) is 0 Å². The molecule has 14 heavy (non-hydrogen) atoms. The van der Waals surface area contributed by atoms with E-state index in [1.54, 1.807) is 0 Å². The Morgan fingerprint density at radius 3 is 2.57 bits per heavy atom. The average molecular weight is 199 g/mol. The molecule has 0 aliphatic carbocycles. The molecule has 0 N–H and O–H groups in total. The zero-order chi connectivity index (χ0) is 9.97. The minimum atomic E-state index is 0.737. The van der Waals surface area contributed by atoms with Crippen LogP contribution in [-0.2, 0) is 0 Å². The zero-order valence-corrected chi connectivity index (χ0v) is 8.64. The Hall–Kier alpha value is -1.59. The summed E-state index contributed by atoms with van der Waals surface area (Å²) in [4.78, 5) is 4.31. The lowest BCUT2D eigenvalue weighted by Crippen LogP contribution is -1.78. The highest BCUT2D eigenvalue weighted by atomic mass is 32.1. The van der Waals surface area contributed by atoms with Crippen molar-refractivity contribution in [2.75, 3.05) is 0 Å². The number of hydrogen-bond acceptors (Lipinski definition) is 2. The molecule has 2 rings (SSSR count). The van der Waals surface area contributed by atoms with E-state index in [0.29, 0.717) is 0 Å². The van der Waals surface area contributed by atoms with Crippen LogP contribution in [0, 0.1) is 19.3 Å². The molecule has 0 aliphatic rings. The first-order valence-corrected chi connectivity index (χ1v) is 5.17. The maximum Gasteiger partial charge on any atom is 0.167 e. The number of aromatic nitrogens is 1. The maximum absolute atomic E-state index is 5.26. The first kappa shape index (κ1) is 8.98. The summed E-state index contributed by atoms with van der Waals surface area (Å²) < 4.78 is 0. The van der Waals surface area contributed by atoms with E-state index in [1.165, 1.54) is 16.9 Å². The van der Waals surface area contributed by atoms with Gasteiger partial charge in [-0.3, -0.25) is 0 Å². The van der Waals surface area contributed by atoms with Gasteiger partial charge >= 0.3 is 0 Å². The Balaban J connectivity index is 2.40. The lowest BCUT2D eigenvalue weighted by Gasteiger charge is -1.96. The van der Waals surface area contributed by atoms with Gasteiger partial charge < -0.3 is 0 Å². The number of terminal acetylenes is 1. The van der Waals surface area contributed by atoms with Crippen molar-refractivity contribution < 1.29 is 0 Å². The van der Waals surface area contributed by atoms with Crippen molar-refractivity contribution in [2.45, 2.75) is 6.92 Å². The minimum Gasteiger partial charge on any atom is -0.228 e. The van der Waals surface area contributed by atoms with Crippen LogP contribution in [0.5, 0.6) is 0 Å². The minimum absolute atomic E-state index is 0.737. The molecule has 0 aliphatic heterocycles. The Labute approximate surface area is 87.4 Å². The molecule has 0 saturated heterocycles. The first-order valence-electron chi connectivity index (χ1n) is 4.29. The number of hydrogen-bond donors (Lipinski definition) is 0. The summed E-state index contributed by atoms with van der Waals surface area (Å²) >= 11 is 1.50. The van der Waals surface area contributed by atoms with Gasteiger partial charge in [-0.25, -0.2) is 4.98 Å². The van der Waals surface area contributed by atoms with E-state index in [2.05, 4.69) is 42.1 Å². The van der Waals surface area contributed by atoms with Crippen molar-refractivity contribution in [3.05, 3.63) is 40.2 Å². The molecule has 0 saturated carbocycles. The Kier molecular flexibility index (Phi) is 2.34. The largest absolute Gasteiger partial charge is 0.228 e. The molecule has 2 heteroatoms. The highest BCUT2D eigenvalue weighted by Gasteiger charge is 2.01. The van der Waals surface area contributed by atoms with E-state index < -0.39 is 0 Å². The van der Waals surface area contributed by atoms with Gasteiger partial charge in [0, 0.05) is 10.9 Å². The summed E-state index contributed by atoms with van der Waals surface area (Å²) in [5.74, 6) is 2.54. The fraction of sp³-hybridized carbons (Fsp3) is 0.0833. The predicted molar refractivity (Wildman–Crippen MR) is 60.2 cm³/mol. The number of rotatable bonds is 1. The number of thiazole rings is 1. The van der Waals surface area contributed by atoms with Gasteiger partial charge in [-0.1, -0.05) is 29.8 Å². The Morgan fingerprint density at radius 2 is 2.00 bits per heavy atom. The number of nitrogens with zero attached hydrogens (tertiary/aromatic N) is 1. The highest BCUT2D eigenvalue weighted by Crippen LogP contribution is 2.21. The molecule has 0 amide bonds. The van der Waals surface area contributed by atoms with Gasteiger partial charge in [-0.05, 0) is 12.8 Å². The van der Waals surface area contributed by atoms with Crippen LogP contribution >= 0.6 is 11.3 Å². The van der Waals surface area contributed by atoms with Crippen LogP contribution in [0.1, 0.15) is 10.6 Å². The molecule has 0 unspecified atom stereocenters. The molecular weight excluding hydrogens is 190 g/mol. The van der Waals surface area contributed by atoms with Gasteiger partial charge in [-0.15, -0.1) is 17.8 Å². The molecule has 1 heterocycles. The molecule has 0 spiro atoms. The van der Waals surface area contributed by atoms with Crippen LogP contribution in [0.15, 0.2) is 29.6 Å². The molecule has 2 aromatic rings. The van der Waals surface area contributed by atoms with Crippen LogP contribution in [0.3, 0.4) is 0 Å². The van der Waals surface area contributed by atoms with E-state index >= 15 is 0 Å². The van der Waals surface area contributed by atoms with E-state index in [0.717, 1.165) is 16.3 Å². The summed E-state index contributed by atoms with van der Waals surface area (Å²) in [5.41, 5.74) is 3.33. The van der Waals surface area contributed by atoms with Gasteiger partial charge in [0.25, 0.3) is 0 Å². The second-order valence-corrected chi connectivity index (χ2v) is 3.91. The molecule has 1 nitrogen and oxygen atoms in total. The van der Waals surface area contributed by atoms with Gasteiger partial charge in [0.15, 0.2) is 5.01 Å². The fourth-order valence-corrected chi connectivity index (χ4v) is 1.83. The van der Waals surface area contributed by atoms with Crippen molar-refractivity contribution in [1.29, 1.82) is 0 Å². The third kappa shape index (κ3) is 1.68. The molecule has 0 bridgehead atoms. The molecule has 1 aromatic carbocycles. The monoisotopic (exact) mass is 199 g/mol. The summed E-state index contributed by atoms with van der Waals surface area (Å²) in [7, 11) is 0. The maximum atomic E-state index is 5.26. The number of aryl methyl sites for hydroxylation is 1. The second-order valence-electron chi connectivity index (χ2n) is 3.05. The van der Waals surface area contributed by atoms with Crippen molar-refractivity contribution in [1.82, 2.24) is 4.98 Å². The van der Waals surface area contributed by atoms with Gasteiger partial charge in [0.1, 0.15) is 0 Å². The van der Waals surface area contributed by atoms with Crippen molar-refractivity contribution in [3.8, 4) is 23.6 Å². The van der Waals surface area contributed by atoms with Crippen LogP contribution in [0.25, 0.3) is 11.3 Å². The van der Waals surface area contributed by atoms with E-state index in [-0.39, 0.29) is 0 Å². The smallest absolute Gasteiger partial charge is 0.167 e. The highest BCUT2D eigenvalue weighted by molar-refractivity contribution is 7.10. The van der Waals surface area contributed by atoms with E-state index in [4.69, 9.17) is 6.42 Å². The summed E-state index contributed by atoms with van der Waals surface area (Å²) in [6.07, 6.45) is 5.26. The van der Waals surface area contributed by atoms with Gasteiger partial charge in [0.05, 0.1) is 5.69 Å². The molecule has 0 radical (unpaired) electrons. The topological polar surface area (TPSA) is 12.9 Å². The van der Waals surface area contributed by atoms with Crippen LogP contribution in [0.4, 0.5) is 0 Å². The van der Waals surface area contributed by atoms with Gasteiger partial charge in [0.2, 0.25) is 0 Å². The zero-order valence-electron chi connectivity index (χ0n) is 7.82. The first-order chi connectivity index (χ1) is 6.79. The van der Waals surface area contributed by atoms with Crippen LogP contribution < -0.4 is 0 Å². The lowest BCUT2D eigenvalue weighted by atomic mass is 10.1. The summed E-state index contributed by atoms with van der Waals surface area (Å²) in [6.45, 7) is 2.07. The second kappa shape index (κ2) is 3.65. The molecule has 0 atom stereocenters. The van der Waals surface area contributed by atoms with Gasteiger partial charge in [-0.2, -0.15) is 0 Å². The Bertz CT molecular complexity index is 474. The van der Waals surface area contributed by atoms with Crippen molar-refractivity contribution in [3.63, 3.8) is 0 Å². The molecule has 0 fully saturated rings. The lowest BCUT2D eigenvalue weighted by molar-refractivity contribution is 1.37. The third-order valence-electron chi connectivity index (χ3n) is 1.97. The van der Waals surface area contributed by atoms with E-state index in [1.807, 2.05) is 5.38 Å². The van der Waals surface area contributed by atoms with Crippen molar-refractivity contribution in [2.24, 2.45) is 0 Å². The molecule has 1 aromatic heterocycles. The molecular formula is C12H9NS. The average Bonchev–Trinajstić information content (AvgIpc) is 2.67. The normalized spacial score (nSPS) is 9.71. The summed E-state index contributed by atoms with van der Waals surface area (Å²) in [6, 6.07) is 8.27. The standard InChI is InChI=1S/C12H9NS/c1-3-12-13-11(8-14-12)10-6-4-9(2)5-7-10/h1,4-8H,2H3. The van der Waals surface area contributed by atoms with Crippen LogP contribution in [0.2, 0.25) is 0 Å². The number of benzene rings is 1. The third-order valence-corrected chi connectivity index (χ3v) is 2.75. The molecule has 68 valence electrons.